The Balaban J connectivity index is 1.38. The minimum Gasteiger partial charge on any atom is -0.353 e. The van der Waals surface area contributed by atoms with E-state index >= 15 is 0 Å². The fourth-order valence-electron chi connectivity index (χ4n) is 3.40. The van der Waals surface area contributed by atoms with Crippen LogP contribution >= 0.6 is 11.8 Å². The summed E-state index contributed by atoms with van der Waals surface area (Å²) >= 11 is 1.69. The van der Waals surface area contributed by atoms with Crippen LogP contribution in [0.1, 0.15) is 22.3 Å². The maximum absolute atomic E-state index is 12.7. The number of amides is 1. The van der Waals surface area contributed by atoms with Crippen molar-refractivity contribution in [3.63, 3.8) is 0 Å². The Morgan fingerprint density at radius 3 is 2.45 bits per heavy atom. The molecule has 0 saturated carbocycles. The predicted octanol–water partition coefficient (Wildman–Crippen LogP) is 4.12. The van der Waals surface area contributed by atoms with Gasteiger partial charge >= 0.3 is 0 Å². The predicted molar refractivity (Wildman–Crippen MR) is 117 cm³/mol. The first kappa shape index (κ1) is 19.5. The third-order valence-electron chi connectivity index (χ3n) is 4.96. The summed E-state index contributed by atoms with van der Waals surface area (Å²) in [4.78, 5) is 26.1. The summed E-state index contributed by atoms with van der Waals surface area (Å²) in [5.74, 6) is 1.86. The van der Waals surface area contributed by atoms with E-state index in [1.54, 1.807) is 11.8 Å². The van der Waals surface area contributed by atoms with E-state index in [-0.39, 0.29) is 5.91 Å². The largest absolute Gasteiger partial charge is 0.353 e. The molecule has 0 radical (unpaired) electrons. The van der Waals surface area contributed by atoms with Crippen molar-refractivity contribution in [3.05, 3.63) is 84.2 Å². The monoisotopic (exact) mass is 404 g/mol. The van der Waals surface area contributed by atoms with Crippen LogP contribution in [0.25, 0.3) is 0 Å². The van der Waals surface area contributed by atoms with Gasteiger partial charge in [0.2, 0.25) is 0 Å². The Hall–Kier alpha value is -2.86. The van der Waals surface area contributed by atoms with E-state index in [1.807, 2.05) is 53.7 Å². The van der Waals surface area contributed by atoms with Crippen LogP contribution in [0.4, 0.5) is 5.82 Å². The van der Waals surface area contributed by atoms with Crippen LogP contribution in [-0.4, -0.2) is 47.0 Å². The number of thioether (sulfide) groups is 1. The van der Waals surface area contributed by atoms with Crippen molar-refractivity contribution < 1.29 is 4.79 Å². The fraction of sp³-hybridized carbons (Fsp3) is 0.261. The van der Waals surface area contributed by atoms with Gasteiger partial charge in [-0.3, -0.25) is 9.78 Å². The van der Waals surface area contributed by atoms with Gasteiger partial charge in [0.1, 0.15) is 10.8 Å². The second-order valence-electron chi connectivity index (χ2n) is 6.99. The van der Waals surface area contributed by atoms with Gasteiger partial charge in [0, 0.05) is 37.5 Å². The number of hydrogen-bond donors (Lipinski definition) is 0. The fourth-order valence-corrected chi connectivity index (χ4v) is 4.21. The van der Waals surface area contributed by atoms with Gasteiger partial charge < -0.3 is 9.80 Å². The number of benzene rings is 2. The first-order chi connectivity index (χ1) is 14.3. The van der Waals surface area contributed by atoms with Crippen LogP contribution in [0.15, 0.2) is 78.1 Å². The molecule has 1 aliphatic heterocycles. The van der Waals surface area contributed by atoms with E-state index < -0.39 is 0 Å². The summed E-state index contributed by atoms with van der Waals surface area (Å²) in [5.41, 5.74) is 2.02. The van der Waals surface area contributed by atoms with Crippen LogP contribution in [-0.2, 0) is 5.75 Å². The Morgan fingerprint density at radius 1 is 0.897 bits per heavy atom. The summed E-state index contributed by atoms with van der Waals surface area (Å²) in [6, 6.07) is 19.9. The lowest BCUT2D eigenvalue weighted by Gasteiger charge is -2.23. The summed E-state index contributed by atoms with van der Waals surface area (Å²) in [6.45, 7) is 3.09. The molecule has 2 aromatic carbocycles. The molecule has 1 aromatic heterocycles. The van der Waals surface area contributed by atoms with Gasteiger partial charge in [-0.15, -0.1) is 11.8 Å². The van der Waals surface area contributed by atoms with Gasteiger partial charge in [-0.1, -0.05) is 48.5 Å². The molecular weight excluding hydrogens is 380 g/mol. The molecule has 2 heterocycles. The first-order valence-electron chi connectivity index (χ1n) is 9.87. The topological polar surface area (TPSA) is 49.3 Å². The molecule has 3 aromatic rings. The second-order valence-corrected chi connectivity index (χ2v) is 7.98. The van der Waals surface area contributed by atoms with Gasteiger partial charge in [-0.2, -0.15) is 0 Å². The van der Waals surface area contributed by atoms with E-state index in [0.29, 0.717) is 6.54 Å². The van der Waals surface area contributed by atoms with Crippen molar-refractivity contribution in [3.8, 4) is 0 Å². The van der Waals surface area contributed by atoms with Crippen LogP contribution in [0, 0.1) is 0 Å². The highest BCUT2D eigenvalue weighted by molar-refractivity contribution is 7.98. The van der Waals surface area contributed by atoms with E-state index in [9.17, 15) is 4.79 Å². The number of carbonyl (C=O) groups is 1. The molecule has 0 N–H and O–H groups in total. The molecule has 1 fully saturated rings. The third kappa shape index (κ3) is 5.15. The van der Waals surface area contributed by atoms with Gasteiger partial charge in [0.25, 0.3) is 5.91 Å². The Kier molecular flexibility index (Phi) is 6.42. The zero-order chi connectivity index (χ0) is 19.9. The average molecular weight is 405 g/mol. The molecule has 4 rings (SSSR count). The van der Waals surface area contributed by atoms with Gasteiger partial charge in [0.05, 0.1) is 12.4 Å². The van der Waals surface area contributed by atoms with Crippen LogP contribution < -0.4 is 4.90 Å². The zero-order valence-electron chi connectivity index (χ0n) is 16.3. The molecule has 0 unspecified atom stereocenters. The molecule has 1 aliphatic rings. The van der Waals surface area contributed by atoms with Gasteiger partial charge in [0.15, 0.2) is 0 Å². The van der Waals surface area contributed by atoms with E-state index in [0.717, 1.165) is 48.2 Å². The molecule has 0 aliphatic carbocycles. The summed E-state index contributed by atoms with van der Waals surface area (Å²) < 4.78 is 0. The molecule has 5 nitrogen and oxygen atoms in total. The summed E-state index contributed by atoms with van der Waals surface area (Å²) in [6.07, 6.45) is 4.56. The lowest BCUT2D eigenvalue weighted by atomic mass is 10.2. The third-order valence-corrected chi connectivity index (χ3v) is 5.93. The van der Waals surface area contributed by atoms with Crippen LogP contribution in [0.3, 0.4) is 0 Å². The van der Waals surface area contributed by atoms with Gasteiger partial charge in [-0.05, 0) is 24.1 Å². The van der Waals surface area contributed by atoms with Crippen LogP contribution in [0.5, 0.6) is 0 Å². The smallest absolute Gasteiger partial charge is 0.253 e. The highest BCUT2D eigenvalue weighted by Gasteiger charge is 2.21. The molecule has 0 bridgehead atoms. The lowest BCUT2D eigenvalue weighted by molar-refractivity contribution is 0.0767. The molecule has 1 saturated heterocycles. The molecule has 148 valence electrons. The zero-order valence-corrected chi connectivity index (χ0v) is 17.1. The number of aromatic nitrogens is 2. The standard InChI is InChI=1S/C23H24N4OS/c28-23(20-10-5-2-6-11-20)27-13-7-12-26(14-15-27)21-16-24-17-22(25-21)29-18-19-8-3-1-4-9-19/h1-6,8-11,16-17H,7,12-15,18H2. The molecule has 0 atom stereocenters. The van der Waals surface area contributed by atoms with Crippen molar-refractivity contribution in [2.45, 2.75) is 17.2 Å². The Morgan fingerprint density at radius 2 is 1.66 bits per heavy atom. The number of anilines is 1. The Labute approximate surface area is 175 Å². The number of hydrogen-bond acceptors (Lipinski definition) is 5. The molecular formula is C23H24N4OS. The van der Waals surface area contributed by atoms with Crippen molar-refractivity contribution in [1.29, 1.82) is 0 Å². The van der Waals surface area contributed by atoms with Gasteiger partial charge in [-0.25, -0.2) is 4.98 Å². The lowest BCUT2D eigenvalue weighted by Crippen LogP contribution is -2.35. The summed E-state index contributed by atoms with van der Waals surface area (Å²) in [7, 11) is 0. The van der Waals surface area contributed by atoms with E-state index in [1.165, 1.54) is 5.56 Å². The Bertz CT molecular complexity index is 936. The number of nitrogens with zero attached hydrogens (tertiary/aromatic N) is 4. The maximum atomic E-state index is 12.7. The van der Waals surface area contributed by atoms with Crippen molar-refractivity contribution >= 4 is 23.5 Å². The molecule has 6 heteroatoms. The number of rotatable bonds is 5. The van der Waals surface area contributed by atoms with E-state index in [4.69, 9.17) is 4.98 Å². The molecule has 29 heavy (non-hydrogen) atoms. The highest BCUT2D eigenvalue weighted by atomic mass is 32.2. The normalized spacial score (nSPS) is 14.5. The van der Waals surface area contributed by atoms with Crippen molar-refractivity contribution in [2.24, 2.45) is 0 Å². The van der Waals surface area contributed by atoms with Crippen molar-refractivity contribution in [2.75, 3.05) is 31.1 Å². The SMILES string of the molecule is O=C(c1ccccc1)N1CCCN(c2cncc(SCc3ccccc3)n2)CC1. The highest BCUT2D eigenvalue weighted by Crippen LogP contribution is 2.23. The quantitative estimate of drug-likeness (QED) is 0.599. The van der Waals surface area contributed by atoms with E-state index in [2.05, 4.69) is 34.1 Å². The molecule has 1 amide bonds. The average Bonchev–Trinajstić information content (AvgIpc) is 3.05. The van der Waals surface area contributed by atoms with Crippen LogP contribution in [0.2, 0.25) is 0 Å². The second kappa shape index (κ2) is 9.56. The number of carbonyl (C=O) groups excluding carboxylic acids is 1. The van der Waals surface area contributed by atoms with Crippen molar-refractivity contribution in [1.82, 2.24) is 14.9 Å². The first-order valence-corrected chi connectivity index (χ1v) is 10.9. The summed E-state index contributed by atoms with van der Waals surface area (Å²) in [5, 5.41) is 0.924. The molecule has 0 spiro atoms. The maximum Gasteiger partial charge on any atom is 0.253 e. The minimum atomic E-state index is 0.103. The minimum absolute atomic E-state index is 0.103.